The summed E-state index contributed by atoms with van der Waals surface area (Å²) < 4.78 is 35.5. The molecule has 1 N–H and O–H groups in total. The second-order valence-corrected chi connectivity index (χ2v) is 11.9. The van der Waals surface area contributed by atoms with Gasteiger partial charge in [-0.3, -0.25) is 4.79 Å². The van der Waals surface area contributed by atoms with Crippen molar-refractivity contribution < 1.29 is 17.9 Å². The highest BCUT2D eigenvalue weighted by molar-refractivity contribution is 7.89. The van der Waals surface area contributed by atoms with E-state index in [1.54, 1.807) is 18.3 Å². The molecule has 8 nitrogen and oxygen atoms in total. The van der Waals surface area contributed by atoms with Crippen LogP contribution in [0.3, 0.4) is 0 Å². The predicted octanol–water partition coefficient (Wildman–Crippen LogP) is 5.10. The Hall–Kier alpha value is -4.21. The van der Waals surface area contributed by atoms with Crippen molar-refractivity contribution in [3.8, 4) is 11.4 Å². The predicted molar refractivity (Wildman–Crippen MR) is 162 cm³/mol. The Morgan fingerprint density at radius 1 is 0.976 bits per heavy atom. The summed E-state index contributed by atoms with van der Waals surface area (Å²) in [4.78, 5) is 13.0. The van der Waals surface area contributed by atoms with E-state index in [1.807, 2.05) is 50.2 Å². The molecule has 1 heterocycles. The summed E-state index contributed by atoms with van der Waals surface area (Å²) in [7, 11) is -2.44. The monoisotopic (exact) mass is 572 g/mol. The molecule has 214 valence electrons. The molecule has 0 aliphatic rings. The Morgan fingerprint density at radius 2 is 1.68 bits per heavy atom. The van der Waals surface area contributed by atoms with Gasteiger partial charge in [-0.15, -0.1) is 0 Å². The third kappa shape index (κ3) is 7.11. The van der Waals surface area contributed by atoms with E-state index in [0.29, 0.717) is 12.2 Å². The molecule has 1 aromatic heterocycles. The van der Waals surface area contributed by atoms with Crippen LogP contribution >= 0.6 is 0 Å². The molecule has 0 saturated heterocycles. The average molecular weight is 573 g/mol. The van der Waals surface area contributed by atoms with E-state index in [1.165, 1.54) is 29.1 Å². The first-order valence-electron chi connectivity index (χ1n) is 13.4. The number of hydrogen-bond donors (Lipinski definition) is 1. The van der Waals surface area contributed by atoms with E-state index in [0.717, 1.165) is 33.8 Å². The molecule has 4 aromatic rings. The summed E-state index contributed by atoms with van der Waals surface area (Å²) >= 11 is 0. The largest absolute Gasteiger partial charge is 0.497 e. The number of benzene rings is 3. The van der Waals surface area contributed by atoms with Crippen molar-refractivity contribution in [2.24, 2.45) is 5.10 Å². The number of methoxy groups -OCH3 is 1. The molecule has 1 amide bonds. The number of ether oxygens (including phenoxy) is 1. The van der Waals surface area contributed by atoms with E-state index in [-0.39, 0.29) is 18.0 Å². The molecule has 0 atom stereocenters. The Balaban J connectivity index is 1.50. The number of nitrogens with zero attached hydrogens (tertiary/aromatic N) is 3. The van der Waals surface area contributed by atoms with E-state index in [9.17, 15) is 13.2 Å². The second kappa shape index (κ2) is 13.0. The molecule has 9 heteroatoms. The van der Waals surface area contributed by atoms with Gasteiger partial charge in [-0.25, -0.2) is 13.8 Å². The topological polar surface area (TPSA) is 93.0 Å². The highest BCUT2D eigenvalue weighted by atomic mass is 32.2. The van der Waals surface area contributed by atoms with Crippen LogP contribution < -0.4 is 10.2 Å². The lowest BCUT2D eigenvalue weighted by Gasteiger charge is -2.21. The molecule has 3 aromatic carbocycles. The summed E-state index contributed by atoms with van der Waals surface area (Å²) in [6.07, 6.45) is 2.05. The molecule has 0 aliphatic heterocycles. The van der Waals surface area contributed by atoms with Crippen LogP contribution in [0.5, 0.6) is 5.75 Å². The highest BCUT2D eigenvalue weighted by Gasteiger charge is 2.26. The molecule has 0 fully saturated rings. The smallest absolute Gasteiger partial charge is 0.255 e. The van der Waals surface area contributed by atoms with Crippen molar-refractivity contribution in [2.75, 3.05) is 20.2 Å². The van der Waals surface area contributed by atoms with E-state index in [2.05, 4.69) is 47.1 Å². The van der Waals surface area contributed by atoms with Crippen LogP contribution in [-0.4, -0.2) is 49.6 Å². The van der Waals surface area contributed by atoms with Crippen molar-refractivity contribution in [1.82, 2.24) is 14.3 Å². The van der Waals surface area contributed by atoms with Gasteiger partial charge in [-0.05, 0) is 81.6 Å². The van der Waals surface area contributed by atoms with Gasteiger partial charge >= 0.3 is 0 Å². The van der Waals surface area contributed by atoms with Crippen LogP contribution in [0.1, 0.15) is 33.6 Å². The van der Waals surface area contributed by atoms with Crippen LogP contribution in [0.15, 0.2) is 88.9 Å². The maximum Gasteiger partial charge on any atom is 0.255 e. The zero-order valence-electron chi connectivity index (χ0n) is 24.1. The van der Waals surface area contributed by atoms with Crippen LogP contribution in [0, 0.1) is 27.7 Å². The fourth-order valence-electron chi connectivity index (χ4n) is 4.79. The summed E-state index contributed by atoms with van der Waals surface area (Å²) in [5.41, 5.74) is 9.82. The number of carbonyl (C=O) groups excluding carboxylic acids is 1. The van der Waals surface area contributed by atoms with Gasteiger partial charge in [-0.2, -0.15) is 9.41 Å². The van der Waals surface area contributed by atoms with Gasteiger partial charge in [0.25, 0.3) is 5.91 Å². The minimum atomic E-state index is -3.95. The molecule has 0 radical (unpaired) electrons. The van der Waals surface area contributed by atoms with Gasteiger partial charge < -0.3 is 9.30 Å². The van der Waals surface area contributed by atoms with Crippen LogP contribution in [0.2, 0.25) is 0 Å². The summed E-state index contributed by atoms with van der Waals surface area (Å²) in [6, 6.07) is 24.0. The Bertz CT molecular complexity index is 1640. The molecule has 0 saturated carbocycles. The third-order valence-corrected chi connectivity index (χ3v) is 8.83. The third-order valence-electron chi connectivity index (χ3n) is 6.97. The molecule has 41 heavy (non-hydrogen) atoms. The zero-order valence-corrected chi connectivity index (χ0v) is 24.9. The van der Waals surface area contributed by atoms with Crippen molar-refractivity contribution in [2.45, 2.75) is 39.0 Å². The number of aromatic nitrogens is 1. The maximum absolute atomic E-state index is 13.5. The van der Waals surface area contributed by atoms with Gasteiger partial charge in [-0.1, -0.05) is 48.0 Å². The number of rotatable bonds is 11. The van der Waals surface area contributed by atoms with E-state index >= 15 is 0 Å². The average Bonchev–Trinajstić information content (AvgIpc) is 3.23. The second-order valence-electron chi connectivity index (χ2n) is 9.99. The summed E-state index contributed by atoms with van der Waals surface area (Å²) in [5.74, 6) is 0.0124. The minimum Gasteiger partial charge on any atom is -0.497 e. The van der Waals surface area contributed by atoms with Crippen molar-refractivity contribution >= 4 is 22.1 Å². The molecular weight excluding hydrogens is 536 g/mol. The van der Waals surface area contributed by atoms with Crippen molar-refractivity contribution in [1.29, 1.82) is 0 Å². The number of hydrogen-bond acceptors (Lipinski definition) is 5. The van der Waals surface area contributed by atoms with Crippen LogP contribution in [0.4, 0.5) is 0 Å². The van der Waals surface area contributed by atoms with Gasteiger partial charge in [0.05, 0.1) is 24.8 Å². The number of hydrazone groups is 1. The van der Waals surface area contributed by atoms with Gasteiger partial charge in [0.1, 0.15) is 5.75 Å². The Morgan fingerprint density at radius 3 is 2.34 bits per heavy atom. The fraction of sp³-hybridized carbons (Fsp3) is 0.250. The van der Waals surface area contributed by atoms with Crippen molar-refractivity contribution in [3.63, 3.8) is 0 Å². The lowest BCUT2D eigenvalue weighted by atomic mass is 10.1. The normalized spacial score (nSPS) is 11.8. The number of sulfonamides is 1. The number of aryl methyl sites for hydroxylation is 3. The Kier molecular flexibility index (Phi) is 9.42. The summed E-state index contributed by atoms with van der Waals surface area (Å²) in [5, 5.41) is 4.16. The number of amides is 1. The van der Waals surface area contributed by atoms with Gasteiger partial charge in [0.2, 0.25) is 10.0 Å². The molecular formula is C32H36N4O4S. The lowest BCUT2D eigenvalue weighted by molar-refractivity contribution is -0.121. The van der Waals surface area contributed by atoms with E-state index in [4.69, 9.17) is 4.74 Å². The first-order valence-corrected chi connectivity index (χ1v) is 14.8. The van der Waals surface area contributed by atoms with Crippen molar-refractivity contribution in [3.05, 3.63) is 113 Å². The lowest BCUT2D eigenvalue weighted by Crippen LogP contribution is -2.40. The first kappa shape index (κ1) is 29.8. The molecule has 0 bridgehead atoms. The van der Waals surface area contributed by atoms with Gasteiger partial charge in [0.15, 0.2) is 0 Å². The quantitative estimate of drug-likeness (QED) is 0.200. The SMILES string of the molecule is COc1ccc(S(=O)(=O)N(CCc2ccccc2)CC(=O)N/N=C/c2cc(C)n(-c3ccc(C)cc3C)c2C)cc1. The zero-order chi connectivity index (χ0) is 29.6. The first-order chi connectivity index (χ1) is 19.6. The molecule has 0 aliphatic carbocycles. The highest BCUT2D eigenvalue weighted by Crippen LogP contribution is 2.23. The Labute approximate surface area is 242 Å². The molecule has 0 spiro atoms. The van der Waals surface area contributed by atoms with Crippen LogP contribution in [0.25, 0.3) is 5.69 Å². The fourth-order valence-corrected chi connectivity index (χ4v) is 6.19. The number of carbonyl (C=O) groups is 1. The van der Waals surface area contributed by atoms with Gasteiger partial charge in [0, 0.05) is 29.2 Å². The van der Waals surface area contributed by atoms with E-state index < -0.39 is 15.9 Å². The molecule has 0 unspecified atom stereocenters. The minimum absolute atomic E-state index is 0.0847. The van der Waals surface area contributed by atoms with Crippen LogP contribution in [-0.2, 0) is 21.2 Å². The summed E-state index contributed by atoms with van der Waals surface area (Å²) in [6.45, 7) is 7.93. The standard InChI is InChI=1S/C32H36N4O4S/c1-23-11-16-31(24(2)19-23)36-25(3)20-28(26(36)4)21-33-34-32(37)22-35(18-17-27-9-7-6-8-10-27)41(38,39)30-14-12-29(40-5)13-15-30/h6-16,19-21H,17-18,22H2,1-5H3,(H,34,37)/b33-21+. The maximum atomic E-state index is 13.5. The number of nitrogens with one attached hydrogen (secondary N) is 1. The molecule has 4 rings (SSSR count).